The molecule has 10 rings (SSSR count). The highest BCUT2D eigenvalue weighted by Crippen LogP contribution is 2.24. The van der Waals surface area contributed by atoms with Crippen molar-refractivity contribution < 1.29 is 57.8 Å². The number of H-pyrrole nitrogens is 4. The summed E-state index contributed by atoms with van der Waals surface area (Å²) in [7, 11) is 1.61. The van der Waals surface area contributed by atoms with Gasteiger partial charge in [0.2, 0.25) is 47.3 Å². The van der Waals surface area contributed by atoms with Crippen molar-refractivity contribution in [1.82, 2.24) is 93.5 Å². The summed E-state index contributed by atoms with van der Waals surface area (Å²) in [6.07, 6.45) is 8.60. The lowest BCUT2D eigenvalue weighted by Crippen LogP contribution is -2.62. The first-order chi connectivity index (χ1) is 52.2. The van der Waals surface area contributed by atoms with Crippen LogP contribution in [-0.4, -0.2) is 192 Å². The van der Waals surface area contributed by atoms with Gasteiger partial charge in [0.1, 0.15) is 48.3 Å². The van der Waals surface area contributed by atoms with Crippen LogP contribution in [-0.2, 0) is 81.7 Å². The number of fused-ring (bicyclic) bond motifs is 2. The molecule has 5 heterocycles. The molecular formula is C75H87N21O12. The largest absolute Gasteiger partial charge is 0.394 e. The highest BCUT2D eigenvalue weighted by molar-refractivity contribution is 6.09. The summed E-state index contributed by atoms with van der Waals surface area (Å²) in [6, 6.07) is 24.9. The third-order valence-corrected chi connectivity index (χ3v) is 18.5. The number of amides is 11. The Morgan fingerprint density at radius 2 is 0.954 bits per heavy atom. The van der Waals surface area contributed by atoms with E-state index in [1.807, 2.05) is 54.0 Å². The van der Waals surface area contributed by atoms with Crippen molar-refractivity contribution in [1.29, 1.82) is 5.41 Å². The van der Waals surface area contributed by atoms with Gasteiger partial charge in [-0.15, -0.1) is 0 Å². The molecule has 564 valence electrons. The number of nitrogens with one attached hydrogen (secondary N) is 16. The number of hydrogen-bond acceptors (Lipinski definition) is 16. The van der Waals surface area contributed by atoms with E-state index in [0.29, 0.717) is 67.4 Å². The van der Waals surface area contributed by atoms with Gasteiger partial charge in [-0.25, -0.2) is 20.2 Å². The van der Waals surface area contributed by atoms with Crippen molar-refractivity contribution in [3.63, 3.8) is 0 Å². The van der Waals surface area contributed by atoms with Gasteiger partial charge in [-0.2, -0.15) is 0 Å². The number of guanidine groups is 1. The van der Waals surface area contributed by atoms with Crippen molar-refractivity contribution in [3.8, 4) is 0 Å². The van der Waals surface area contributed by atoms with Gasteiger partial charge in [0, 0.05) is 114 Å². The number of nitrogens with zero attached hydrogens (tertiary/aromatic N) is 3. The number of hydrogen-bond donors (Lipinski definition) is 19. The Kier molecular flexibility index (Phi) is 27.0. The van der Waals surface area contributed by atoms with E-state index < -0.39 is 126 Å². The number of likely N-dealkylation sites (N-methyl/N-ethyl adjacent to an activating group) is 1. The molecule has 5 aromatic carbocycles. The molecule has 1 fully saturated rings. The third kappa shape index (κ3) is 21.1. The highest BCUT2D eigenvalue weighted by atomic mass is 16.3. The molecule has 33 nitrogen and oxygen atoms in total. The van der Waals surface area contributed by atoms with Gasteiger partial charge < -0.3 is 89.3 Å². The third-order valence-electron chi connectivity index (χ3n) is 18.5. The van der Waals surface area contributed by atoms with E-state index in [9.17, 15) is 38.7 Å². The summed E-state index contributed by atoms with van der Waals surface area (Å²) in [6.45, 7) is -0.956. The van der Waals surface area contributed by atoms with Crippen LogP contribution in [0.1, 0.15) is 75.2 Å². The zero-order chi connectivity index (χ0) is 76.6. The lowest BCUT2D eigenvalue weighted by atomic mass is 9.98. The lowest BCUT2D eigenvalue weighted by Gasteiger charge is -2.30. The van der Waals surface area contributed by atoms with E-state index >= 15 is 19.2 Å². The Labute approximate surface area is 619 Å². The molecule has 0 radical (unpaired) electrons. The molecule has 9 atom stereocenters. The van der Waals surface area contributed by atoms with E-state index in [2.05, 4.69) is 83.2 Å². The van der Waals surface area contributed by atoms with E-state index in [0.717, 1.165) is 5.56 Å². The molecule has 1 aliphatic rings. The summed E-state index contributed by atoms with van der Waals surface area (Å²) in [5.74, 6) is -8.27. The van der Waals surface area contributed by atoms with E-state index in [1.165, 1.54) is 29.9 Å². The monoisotopic (exact) mass is 1470 g/mol. The average Bonchev–Trinajstić information content (AvgIpc) is 1.62. The number of hydrazine groups is 1. The van der Waals surface area contributed by atoms with Gasteiger partial charge in [0.05, 0.1) is 25.3 Å². The Bertz CT molecular complexity index is 4610. The number of benzene rings is 5. The smallest absolute Gasteiger partial charge is 0.330 e. The maximum Gasteiger partial charge on any atom is 0.330 e. The zero-order valence-corrected chi connectivity index (χ0v) is 59.0. The SMILES string of the molecule is CN[C@@H](Cc1ccccc1)C(=O)N[C@@H](Cc1cnc[nH]1)C(=O)N[C@@H](Cc1c[nH]c2ccccc12)C(=O)N[C@@H](CO)C(=O)N[C@@H](Cc1cnc[nH]1)C(=O)N[C@H](CCCNC(=N)N)C(=O)N[C@@H](Cc1c[nH]c2ccccc12)C(=O)N[C@@H](Cc1ccc(C(=O)c2ccccc2)cc1)C(=O)N1CCC[C@H]1C(=O)NNC(N)=O. The maximum atomic E-state index is 15.4. The zero-order valence-electron chi connectivity index (χ0n) is 59.0. The van der Waals surface area contributed by atoms with Crippen LogP contribution >= 0.6 is 0 Å². The molecule has 9 aromatic rings. The molecule has 1 saturated heterocycles. The molecule has 4 aromatic heterocycles. The standard InChI is InChI=1S/C75H87N21O12/c1-79-56(30-43-14-4-2-5-15-43)66(100)90-60(35-50-39-81-42-86-50)70(104)89-58(33-48-37-84-54-21-11-9-19-52(48)54)68(102)93-62(40-97)71(105)91-59(34-49-38-80-41-85-49)69(103)87-55(22-12-28-82-74(76)77)65(99)88-57(32-47-36-83-53-20-10-8-18-51(47)53)67(101)92-61(73(107)96-29-13-23-63(96)72(106)94-95-75(78)108)31-44-24-26-46(27-25-44)64(98)45-16-6-3-7-17-45/h2-11,14-21,24-27,36-39,41-42,55-63,79,83-84,97H,12-13,22-23,28-35,40H2,1H3,(H,80,85)(H,81,86)(H,87,103)(H,88,99)(H,89,104)(H,90,100)(H,91,105)(H,92,101)(H,93,102)(H,94,106)(H4,76,77,82)(H3,78,95,108)/t55-,56+,57+,58+,59+,60+,61+,62+,63+/m1/s1. The van der Waals surface area contributed by atoms with Gasteiger partial charge in [-0.05, 0) is 73.5 Å². The van der Waals surface area contributed by atoms with Crippen molar-refractivity contribution >= 4 is 92.7 Å². The van der Waals surface area contributed by atoms with E-state index in [4.69, 9.17) is 16.9 Å². The number of imidazole rings is 2. The summed E-state index contributed by atoms with van der Waals surface area (Å²) in [5.41, 5.74) is 20.6. The van der Waals surface area contributed by atoms with Crippen molar-refractivity contribution in [2.24, 2.45) is 11.5 Å². The minimum atomic E-state index is -1.81. The molecule has 0 aliphatic carbocycles. The first-order valence-electron chi connectivity index (χ1n) is 35.1. The summed E-state index contributed by atoms with van der Waals surface area (Å²) in [5, 5.41) is 45.1. The van der Waals surface area contributed by atoms with Crippen LogP contribution in [0.2, 0.25) is 0 Å². The number of aliphatic hydroxyl groups is 1. The van der Waals surface area contributed by atoms with Crippen LogP contribution in [0.5, 0.6) is 0 Å². The second kappa shape index (κ2) is 37.6. The molecule has 0 unspecified atom stereocenters. The number of primary amides is 1. The molecule has 21 N–H and O–H groups in total. The molecule has 1 aliphatic heterocycles. The number of aliphatic hydroxyl groups excluding tert-OH is 1. The number of carbonyl (C=O) groups excluding carboxylic acids is 11. The second-order valence-electron chi connectivity index (χ2n) is 26.1. The normalized spacial score (nSPS) is 14.8. The van der Waals surface area contributed by atoms with Crippen LogP contribution < -0.4 is 70.2 Å². The number of likely N-dealkylation sites (tertiary alicyclic amines) is 1. The number of ketones is 1. The Balaban J connectivity index is 0.908. The molecular weight excluding hydrogens is 1390 g/mol. The molecule has 0 spiro atoms. The fourth-order valence-electron chi connectivity index (χ4n) is 12.9. The molecule has 0 bridgehead atoms. The minimum Gasteiger partial charge on any atom is -0.394 e. The predicted octanol–water partition coefficient (Wildman–Crippen LogP) is 0.0101. The first kappa shape index (κ1) is 77.6. The maximum absolute atomic E-state index is 15.4. The summed E-state index contributed by atoms with van der Waals surface area (Å²) < 4.78 is 0. The number of rotatable bonds is 36. The highest BCUT2D eigenvalue weighted by Gasteiger charge is 2.40. The van der Waals surface area contributed by atoms with E-state index in [1.54, 1.807) is 104 Å². The summed E-state index contributed by atoms with van der Waals surface area (Å²) >= 11 is 0. The van der Waals surface area contributed by atoms with Crippen LogP contribution in [0.4, 0.5) is 4.79 Å². The van der Waals surface area contributed by atoms with Gasteiger partial charge in [0.15, 0.2) is 11.7 Å². The van der Waals surface area contributed by atoms with Crippen LogP contribution in [0.25, 0.3) is 21.8 Å². The van der Waals surface area contributed by atoms with Gasteiger partial charge >= 0.3 is 6.03 Å². The lowest BCUT2D eigenvalue weighted by molar-refractivity contribution is -0.142. The second-order valence-corrected chi connectivity index (χ2v) is 26.1. The number of aromatic nitrogens is 6. The first-order valence-corrected chi connectivity index (χ1v) is 35.1. The number of carbonyl (C=O) groups is 11. The number of nitrogens with two attached hydrogens (primary N) is 2. The Morgan fingerprint density at radius 3 is 1.46 bits per heavy atom. The van der Waals surface area contributed by atoms with Crippen molar-refractivity contribution in [2.45, 2.75) is 119 Å². The Hall–Kier alpha value is -13.0. The number of para-hydroxylation sites is 2. The van der Waals surface area contributed by atoms with Gasteiger partial charge in [-0.1, -0.05) is 121 Å². The fourth-order valence-corrected chi connectivity index (χ4v) is 12.9. The fraction of sp³-hybridized carbons (Fsp3) is 0.307. The van der Waals surface area contributed by atoms with Crippen LogP contribution in [0.15, 0.2) is 171 Å². The van der Waals surface area contributed by atoms with Gasteiger partial charge in [-0.3, -0.25) is 58.8 Å². The summed E-state index contributed by atoms with van der Waals surface area (Å²) in [4.78, 5) is 179. The van der Waals surface area contributed by atoms with Crippen molar-refractivity contribution in [3.05, 3.63) is 216 Å². The number of urea groups is 1. The molecule has 0 saturated carbocycles. The van der Waals surface area contributed by atoms with Gasteiger partial charge in [0.25, 0.3) is 5.91 Å². The molecule has 33 heteroatoms. The van der Waals surface area contributed by atoms with Crippen molar-refractivity contribution in [2.75, 3.05) is 26.7 Å². The average molecular weight is 1470 g/mol. The topological polar surface area (TPSA) is 508 Å². The number of aromatic amines is 4. The molecule has 11 amide bonds. The Morgan fingerprint density at radius 1 is 0.509 bits per heavy atom. The van der Waals surface area contributed by atoms with E-state index in [-0.39, 0.29) is 76.7 Å². The quantitative estimate of drug-likeness (QED) is 0.00808. The minimum absolute atomic E-state index is 0.0204. The van der Waals surface area contributed by atoms with Crippen LogP contribution in [0.3, 0.4) is 0 Å². The predicted molar refractivity (Wildman–Crippen MR) is 397 cm³/mol. The molecule has 108 heavy (non-hydrogen) atoms. The van der Waals surface area contributed by atoms with Crippen LogP contribution in [0, 0.1) is 5.41 Å².